The van der Waals surface area contributed by atoms with Crippen LogP contribution in [-0.2, 0) is 14.8 Å². The molecule has 2 heterocycles. The van der Waals surface area contributed by atoms with Gasteiger partial charge in [-0.15, -0.1) is 0 Å². The standard InChI is InChI=1S/C18H22N2O3S2/c1-13-10-14(2)18(15(3)11-13)24-17-5-4-16(12-19-17)25(21,22)20-6-8-23-9-7-20/h4-5,10-12H,6-9H2,1-3H3. The van der Waals surface area contributed by atoms with Crippen molar-refractivity contribution in [2.75, 3.05) is 26.3 Å². The molecule has 1 aromatic carbocycles. The van der Waals surface area contributed by atoms with E-state index in [2.05, 4.69) is 37.9 Å². The number of hydrogen-bond donors (Lipinski definition) is 0. The van der Waals surface area contributed by atoms with E-state index in [1.165, 1.54) is 32.1 Å². The van der Waals surface area contributed by atoms with Crippen molar-refractivity contribution in [2.24, 2.45) is 0 Å². The number of aromatic nitrogens is 1. The zero-order chi connectivity index (χ0) is 18.0. The fourth-order valence-electron chi connectivity index (χ4n) is 2.95. The summed E-state index contributed by atoms with van der Waals surface area (Å²) in [7, 11) is -3.49. The lowest BCUT2D eigenvalue weighted by Crippen LogP contribution is -2.40. The smallest absolute Gasteiger partial charge is 0.244 e. The predicted octanol–water partition coefficient (Wildman–Crippen LogP) is 3.18. The molecule has 0 amide bonds. The van der Waals surface area contributed by atoms with Crippen LogP contribution in [0.25, 0.3) is 0 Å². The average molecular weight is 379 g/mol. The molecule has 0 unspecified atom stereocenters. The van der Waals surface area contributed by atoms with Gasteiger partial charge in [-0.3, -0.25) is 0 Å². The van der Waals surface area contributed by atoms with Gasteiger partial charge in [0.05, 0.1) is 13.2 Å². The van der Waals surface area contributed by atoms with E-state index in [1.54, 1.807) is 23.9 Å². The van der Waals surface area contributed by atoms with Gasteiger partial charge >= 0.3 is 0 Å². The quantitative estimate of drug-likeness (QED) is 0.818. The molecule has 0 N–H and O–H groups in total. The SMILES string of the molecule is Cc1cc(C)c(Sc2ccc(S(=O)(=O)N3CCOCC3)cn2)c(C)c1. The van der Waals surface area contributed by atoms with Gasteiger partial charge < -0.3 is 4.74 Å². The lowest BCUT2D eigenvalue weighted by Gasteiger charge is -2.25. The topological polar surface area (TPSA) is 59.5 Å². The molecule has 0 spiro atoms. The van der Waals surface area contributed by atoms with E-state index in [9.17, 15) is 8.42 Å². The maximum atomic E-state index is 12.6. The summed E-state index contributed by atoms with van der Waals surface area (Å²) in [6.45, 7) is 7.90. The number of nitrogens with zero attached hydrogens (tertiary/aromatic N) is 2. The molecule has 5 nitrogen and oxygen atoms in total. The molecule has 3 rings (SSSR count). The highest BCUT2D eigenvalue weighted by atomic mass is 32.2. The lowest BCUT2D eigenvalue weighted by molar-refractivity contribution is 0.0730. The molecule has 2 aromatic rings. The highest BCUT2D eigenvalue weighted by molar-refractivity contribution is 7.99. The van der Waals surface area contributed by atoms with Crippen LogP contribution in [0.5, 0.6) is 0 Å². The van der Waals surface area contributed by atoms with Crippen LogP contribution in [0.4, 0.5) is 0 Å². The number of pyridine rings is 1. The van der Waals surface area contributed by atoms with Gasteiger partial charge in [0.1, 0.15) is 9.92 Å². The number of aryl methyl sites for hydroxylation is 3. The largest absolute Gasteiger partial charge is 0.379 e. The molecule has 0 atom stereocenters. The summed E-state index contributed by atoms with van der Waals surface area (Å²) in [5.74, 6) is 0. The first-order valence-corrected chi connectivity index (χ1v) is 10.4. The molecule has 1 saturated heterocycles. The Hall–Kier alpha value is -1.41. The Morgan fingerprint density at radius 2 is 1.72 bits per heavy atom. The first-order valence-electron chi connectivity index (χ1n) is 8.17. The fraction of sp³-hybridized carbons (Fsp3) is 0.389. The molecule has 0 aliphatic carbocycles. The molecule has 0 bridgehead atoms. The van der Waals surface area contributed by atoms with Crippen LogP contribution in [0.2, 0.25) is 0 Å². The summed E-state index contributed by atoms with van der Waals surface area (Å²) in [4.78, 5) is 5.77. The fourth-order valence-corrected chi connectivity index (χ4v) is 5.19. The van der Waals surface area contributed by atoms with Crippen molar-refractivity contribution >= 4 is 21.8 Å². The number of morpholine rings is 1. The predicted molar refractivity (Wildman–Crippen MR) is 98.6 cm³/mol. The molecule has 1 fully saturated rings. The second kappa shape index (κ2) is 7.45. The van der Waals surface area contributed by atoms with Crippen LogP contribution in [0.1, 0.15) is 16.7 Å². The summed E-state index contributed by atoms with van der Waals surface area (Å²) in [5, 5.41) is 0.788. The number of ether oxygens (including phenoxy) is 1. The number of benzene rings is 1. The van der Waals surface area contributed by atoms with E-state index in [-0.39, 0.29) is 4.90 Å². The summed E-state index contributed by atoms with van der Waals surface area (Å²) in [5.41, 5.74) is 3.64. The summed E-state index contributed by atoms with van der Waals surface area (Å²) < 4.78 is 31.9. The molecule has 7 heteroatoms. The van der Waals surface area contributed by atoms with Crippen molar-refractivity contribution in [1.82, 2.24) is 9.29 Å². The molecule has 1 aliphatic rings. The lowest BCUT2D eigenvalue weighted by atomic mass is 10.1. The van der Waals surface area contributed by atoms with Crippen molar-refractivity contribution in [3.8, 4) is 0 Å². The van der Waals surface area contributed by atoms with Gasteiger partial charge in [0, 0.05) is 24.2 Å². The zero-order valence-corrected chi connectivity index (χ0v) is 16.3. The number of sulfonamides is 1. The average Bonchev–Trinajstić information content (AvgIpc) is 2.59. The van der Waals surface area contributed by atoms with Gasteiger partial charge in [-0.1, -0.05) is 29.5 Å². The second-order valence-corrected chi connectivity index (χ2v) is 9.15. The third kappa shape index (κ3) is 4.06. The van der Waals surface area contributed by atoms with Crippen molar-refractivity contribution in [3.05, 3.63) is 47.2 Å². The normalized spacial score (nSPS) is 16.1. The van der Waals surface area contributed by atoms with Crippen molar-refractivity contribution < 1.29 is 13.2 Å². The van der Waals surface area contributed by atoms with Crippen LogP contribution in [0.15, 0.2) is 45.3 Å². The molecule has 0 radical (unpaired) electrons. The molecule has 134 valence electrons. The van der Waals surface area contributed by atoms with Gasteiger partial charge in [0.25, 0.3) is 0 Å². The molecular weight excluding hydrogens is 356 g/mol. The minimum absolute atomic E-state index is 0.233. The Kier molecular flexibility index (Phi) is 5.48. The summed E-state index contributed by atoms with van der Waals surface area (Å²) in [6.07, 6.45) is 1.45. The minimum Gasteiger partial charge on any atom is -0.379 e. The van der Waals surface area contributed by atoms with Crippen molar-refractivity contribution in [3.63, 3.8) is 0 Å². The van der Waals surface area contributed by atoms with Gasteiger partial charge in [0.15, 0.2) is 0 Å². The first-order chi connectivity index (χ1) is 11.9. The van der Waals surface area contributed by atoms with Crippen LogP contribution in [0, 0.1) is 20.8 Å². The molecule has 25 heavy (non-hydrogen) atoms. The van der Waals surface area contributed by atoms with Crippen LogP contribution < -0.4 is 0 Å². The van der Waals surface area contributed by atoms with Crippen LogP contribution in [0.3, 0.4) is 0 Å². The number of hydrogen-bond acceptors (Lipinski definition) is 5. The summed E-state index contributed by atoms with van der Waals surface area (Å²) in [6, 6.07) is 7.70. The van der Waals surface area contributed by atoms with Gasteiger partial charge in [-0.2, -0.15) is 4.31 Å². The molecular formula is C18H22N2O3S2. The van der Waals surface area contributed by atoms with Crippen LogP contribution >= 0.6 is 11.8 Å². The Labute approximate surface area is 153 Å². The Morgan fingerprint density at radius 1 is 1.08 bits per heavy atom. The van der Waals surface area contributed by atoms with E-state index in [1.807, 2.05) is 0 Å². The van der Waals surface area contributed by atoms with E-state index in [0.717, 1.165) is 5.03 Å². The third-order valence-electron chi connectivity index (χ3n) is 4.13. The highest BCUT2D eigenvalue weighted by Gasteiger charge is 2.26. The molecule has 1 aromatic heterocycles. The third-order valence-corrected chi connectivity index (χ3v) is 7.31. The monoisotopic (exact) mass is 378 g/mol. The number of rotatable bonds is 4. The van der Waals surface area contributed by atoms with E-state index >= 15 is 0 Å². The van der Waals surface area contributed by atoms with Crippen molar-refractivity contribution in [2.45, 2.75) is 35.6 Å². The Bertz CT molecular complexity index is 835. The zero-order valence-electron chi connectivity index (χ0n) is 14.7. The Morgan fingerprint density at radius 3 is 2.28 bits per heavy atom. The van der Waals surface area contributed by atoms with Crippen LogP contribution in [-0.4, -0.2) is 44.0 Å². The molecule has 1 aliphatic heterocycles. The van der Waals surface area contributed by atoms with Crippen molar-refractivity contribution in [1.29, 1.82) is 0 Å². The first kappa shape index (κ1) is 18.4. The second-order valence-electron chi connectivity index (χ2n) is 6.18. The van der Waals surface area contributed by atoms with Gasteiger partial charge in [-0.05, 0) is 44.0 Å². The molecule has 0 saturated carbocycles. The van der Waals surface area contributed by atoms with E-state index in [0.29, 0.717) is 26.3 Å². The highest BCUT2D eigenvalue weighted by Crippen LogP contribution is 2.33. The van der Waals surface area contributed by atoms with Gasteiger partial charge in [0.2, 0.25) is 10.0 Å². The summed E-state index contributed by atoms with van der Waals surface area (Å²) >= 11 is 1.56. The van der Waals surface area contributed by atoms with E-state index in [4.69, 9.17) is 4.74 Å². The van der Waals surface area contributed by atoms with E-state index < -0.39 is 10.0 Å². The Balaban J connectivity index is 1.81. The maximum absolute atomic E-state index is 12.6. The van der Waals surface area contributed by atoms with Gasteiger partial charge in [-0.25, -0.2) is 13.4 Å². The minimum atomic E-state index is -3.49. The maximum Gasteiger partial charge on any atom is 0.244 e.